The largest absolute Gasteiger partial charge is 0.465 e. The van der Waals surface area contributed by atoms with Crippen molar-refractivity contribution in [2.75, 3.05) is 6.61 Å². The number of carbonyl (C=O) groups is 1. The molecule has 1 unspecified atom stereocenters. The minimum atomic E-state index is -1.10. The molecule has 0 radical (unpaired) electrons. The van der Waals surface area contributed by atoms with E-state index in [-0.39, 0.29) is 6.54 Å². The molecule has 1 atom stereocenters. The fourth-order valence-electron chi connectivity index (χ4n) is 1.27. The number of aromatic nitrogens is 2. The number of hydrogen-bond acceptors (Lipinski definition) is 4. The first kappa shape index (κ1) is 13.0. The molecule has 0 bridgehead atoms. The van der Waals surface area contributed by atoms with Crippen molar-refractivity contribution < 1.29 is 9.53 Å². The molecule has 0 aliphatic heterocycles. The van der Waals surface area contributed by atoms with Crippen molar-refractivity contribution in [1.29, 1.82) is 0 Å². The Bertz CT molecular complexity index is 368. The highest BCUT2D eigenvalue weighted by atomic mass is 35.5. The smallest absolute Gasteiger partial charge is 0.327 e. The van der Waals surface area contributed by atoms with Gasteiger partial charge in [-0.2, -0.15) is 5.10 Å². The Morgan fingerprint density at radius 2 is 2.38 bits per heavy atom. The molecule has 0 aliphatic carbocycles. The van der Waals surface area contributed by atoms with Gasteiger partial charge in [0.1, 0.15) is 5.54 Å². The van der Waals surface area contributed by atoms with Crippen molar-refractivity contribution >= 4 is 17.6 Å². The maximum absolute atomic E-state index is 11.5. The minimum absolute atomic E-state index is 0.236. The lowest BCUT2D eigenvalue weighted by molar-refractivity contribution is -0.149. The van der Waals surface area contributed by atoms with Crippen molar-refractivity contribution in [3.63, 3.8) is 0 Å². The molecule has 16 heavy (non-hydrogen) atoms. The number of rotatable bonds is 4. The van der Waals surface area contributed by atoms with Gasteiger partial charge in [0.2, 0.25) is 0 Å². The van der Waals surface area contributed by atoms with Gasteiger partial charge in [-0.05, 0) is 20.8 Å². The summed E-state index contributed by atoms with van der Waals surface area (Å²) in [6.07, 6.45) is 1.64. The van der Waals surface area contributed by atoms with E-state index in [4.69, 9.17) is 22.1 Å². The van der Waals surface area contributed by atoms with Gasteiger partial charge >= 0.3 is 5.97 Å². The van der Waals surface area contributed by atoms with E-state index in [0.29, 0.717) is 17.3 Å². The lowest BCUT2D eigenvalue weighted by Crippen LogP contribution is -2.49. The van der Waals surface area contributed by atoms with Crippen LogP contribution in [0.3, 0.4) is 0 Å². The molecule has 90 valence electrons. The summed E-state index contributed by atoms with van der Waals surface area (Å²) in [6.45, 7) is 5.68. The van der Waals surface area contributed by atoms with E-state index >= 15 is 0 Å². The zero-order valence-electron chi connectivity index (χ0n) is 9.66. The van der Waals surface area contributed by atoms with Gasteiger partial charge < -0.3 is 10.5 Å². The Kier molecular flexibility index (Phi) is 3.93. The third-order valence-electron chi connectivity index (χ3n) is 2.12. The van der Waals surface area contributed by atoms with Gasteiger partial charge in [0.15, 0.2) is 0 Å². The SMILES string of the molecule is CCOC(=O)C(C)(N)Cn1cc(Cl)c(C)n1. The molecule has 1 heterocycles. The van der Waals surface area contributed by atoms with Crippen molar-refractivity contribution in [3.05, 3.63) is 16.9 Å². The van der Waals surface area contributed by atoms with Crippen LogP contribution in [0.4, 0.5) is 0 Å². The quantitative estimate of drug-likeness (QED) is 0.808. The summed E-state index contributed by atoms with van der Waals surface area (Å²) in [7, 11) is 0. The average Bonchev–Trinajstić information content (AvgIpc) is 2.45. The number of halogens is 1. The molecular weight excluding hydrogens is 230 g/mol. The summed E-state index contributed by atoms with van der Waals surface area (Å²) >= 11 is 5.86. The molecule has 2 N–H and O–H groups in total. The molecule has 1 aromatic heterocycles. The fraction of sp³-hybridized carbons (Fsp3) is 0.600. The first-order valence-electron chi connectivity index (χ1n) is 5.02. The number of aryl methyl sites for hydroxylation is 1. The van der Waals surface area contributed by atoms with E-state index in [0.717, 1.165) is 0 Å². The van der Waals surface area contributed by atoms with E-state index < -0.39 is 11.5 Å². The summed E-state index contributed by atoms with van der Waals surface area (Å²) < 4.78 is 6.43. The van der Waals surface area contributed by atoms with Crippen LogP contribution in [0, 0.1) is 6.92 Å². The molecule has 0 aromatic carbocycles. The zero-order chi connectivity index (χ0) is 12.3. The number of hydrogen-bond donors (Lipinski definition) is 1. The van der Waals surface area contributed by atoms with Crippen LogP contribution in [-0.4, -0.2) is 27.9 Å². The summed E-state index contributed by atoms with van der Waals surface area (Å²) in [5.74, 6) is -0.445. The van der Waals surface area contributed by atoms with Gasteiger partial charge in [0, 0.05) is 6.20 Å². The Balaban J connectivity index is 2.75. The van der Waals surface area contributed by atoms with Crippen LogP contribution in [0.15, 0.2) is 6.20 Å². The van der Waals surface area contributed by atoms with Crippen LogP contribution in [0.25, 0.3) is 0 Å². The van der Waals surface area contributed by atoms with Crippen molar-refractivity contribution in [3.8, 4) is 0 Å². The maximum Gasteiger partial charge on any atom is 0.327 e. The minimum Gasteiger partial charge on any atom is -0.465 e. The summed E-state index contributed by atoms with van der Waals surface area (Å²) in [6, 6.07) is 0. The van der Waals surface area contributed by atoms with E-state index in [1.807, 2.05) is 0 Å². The van der Waals surface area contributed by atoms with Gasteiger partial charge in [-0.3, -0.25) is 4.68 Å². The molecule has 5 nitrogen and oxygen atoms in total. The Morgan fingerprint density at radius 1 is 1.75 bits per heavy atom. The van der Waals surface area contributed by atoms with Crippen LogP contribution in [0.1, 0.15) is 19.5 Å². The summed E-state index contributed by atoms with van der Waals surface area (Å²) in [5.41, 5.74) is 5.47. The van der Waals surface area contributed by atoms with E-state index in [1.54, 1.807) is 31.6 Å². The Labute approximate surface area is 99.5 Å². The van der Waals surface area contributed by atoms with Gasteiger partial charge in [-0.25, -0.2) is 4.79 Å². The molecule has 0 aliphatic rings. The summed E-state index contributed by atoms with van der Waals surface area (Å²) in [4.78, 5) is 11.5. The third kappa shape index (κ3) is 2.96. The molecular formula is C10H16ClN3O2. The molecule has 0 fully saturated rings. The van der Waals surface area contributed by atoms with Crippen LogP contribution >= 0.6 is 11.6 Å². The number of nitrogens with two attached hydrogens (primary N) is 1. The van der Waals surface area contributed by atoms with Crippen molar-refractivity contribution in [1.82, 2.24) is 9.78 Å². The summed E-state index contributed by atoms with van der Waals surface area (Å²) in [5, 5.41) is 4.69. The highest BCUT2D eigenvalue weighted by Gasteiger charge is 2.31. The number of nitrogens with zero attached hydrogens (tertiary/aromatic N) is 2. The van der Waals surface area contributed by atoms with Crippen LogP contribution < -0.4 is 5.73 Å². The number of esters is 1. The first-order chi connectivity index (χ1) is 7.36. The average molecular weight is 246 g/mol. The Hall–Kier alpha value is -1.07. The molecule has 1 rings (SSSR count). The van der Waals surface area contributed by atoms with E-state index in [9.17, 15) is 4.79 Å². The van der Waals surface area contributed by atoms with Crippen molar-refractivity contribution in [2.24, 2.45) is 5.73 Å². The number of ether oxygens (including phenoxy) is 1. The maximum atomic E-state index is 11.5. The fourth-order valence-corrected chi connectivity index (χ4v) is 1.42. The second kappa shape index (κ2) is 4.84. The molecule has 1 aromatic rings. The standard InChI is InChI=1S/C10H16ClN3O2/c1-4-16-9(15)10(3,12)6-14-5-8(11)7(2)13-14/h5H,4,6,12H2,1-3H3. The lowest BCUT2D eigenvalue weighted by Gasteiger charge is -2.21. The first-order valence-corrected chi connectivity index (χ1v) is 5.40. The zero-order valence-corrected chi connectivity index (χ0v) is 10.4. The van der Waals surface area contributed by atoms with Gasteiger partial charge in [0.25, 0.3) is 0 Å². The van der Waals surface area contributed by atoms with Crippen molar-refractivity contribution in [2.45, 2.75) is 32.9 Å². The van der Waals surface area contributed by atoms with E-state index in [1.165, 1.54) is 0 Å². The second-order valence-electron chi connectivity index (χ2n) is 3.90. The van der Waals surface area contributed by atoms with Gasteiger partial charge in [-0.1, -0.05) is 11.6 Å². The monoisotopic (exact) mass is 245 g/mol. The van der Waals surface area contributed by atoms with Crippen LogP contribution in [-0.2, 0) is 16.1 Å². The molecule has 6 heteroatoms. The predicted octanol–water partition coefficient (Wildman–Crippen LogP) is 1.13. The Morgan fingerprint density at radius 3 is 2.81 bits per heavy atom. The highest BCUT2D eigenvalue weighted by molar-refractivity contribution is 6.31. The van der Waals surface area contributed by atoms with Crippen LogP contribution in [0.5, 0.6) is 0 Å². The number of carbonyl (C=O) groups excluding carboxylic acids is 1. The molecule has 0 spiro atoms. The second-order valence-corrected chi connectivity index (χ2v) is 4.31. The lowest BCUT2D eigenvalue weighted by atomic mass is 10.1. The highest BCUT2D eigenvalue weighted by Crippen LogP contribution is 2.14. The van der Waals surface area contributed by atoms with Gasteiger partial charge in [0.05, 0.1) is 23.9 Å². The normalized spacial score (nSPS) is 14.6. The molecule has 0 saturated heterocycles. The van der Waals surface area contributed by atoms with E-state index in [2.05, 4.69) is 5.10 Å². The third-order valence-corrected chi connectivity index (χ3v) is 2.49. The van der Waals surface area contributed by atoms with Gasteiger partial charge in [-0.15, -0.1) is 0 Å². The predicted molar refractivity (Wildman–Crippen MR) is 61.2 cm³/mol. The topological polar surface area (TPSA) is 70.1 Å². The van der Waals surface area contributed by atoms with Crippen LogP contribution in [0.2, 0.25) is 5.02 Å². The molecule has 0 amide bonds. The molecule has 0 saturated carbocycles.